The molecule has 0 atom stereocenters. The molecular formula is C21H26F4IN5O. The monoisotopic (exact) mass is 567 g/mol. The van der Waals surface area contributed by atoms with Crippen LogP contribution in [0.25, 0.3) is 0 Å². The lowest BCUT2D eigenvalue weighted by Crippen LogP contribution is -2.49. The molecule has 0 radical (unpaired) electrons. The first-order valence-electron chi connectivity index (χ1n) is 9.99. The van der Waals surface area contributed by atoms with Gasteiger partial charge in [0.25, 0.3) is 0 Å². The molecule has 1 aromatic carbocycles. The Kier molecular flexibility index (Phi) is 9.79. The number of aliphatic imine (C=N–C) groups is 1. The van der Waals surface area contributed by atoms with E-state index in [2.05, 4.69) is 25.5 Å². The summed E-state index contributed by atoms with van der Waals surface area (Å²) < 4.78 is 56.4. The van der Waals surface area contributed by atoms with Crippen molar-refractivity contribution in [3.05, 3.63) is 54.0 Å². The third kappa shape index (κ3) is 7.68. The lowest BCUT2D eigenvalue weighted by Gasteiger charge is -2.34. The zero-order chi connectivity index (χ0) is 22.3. The first-order chi connectivity index (χ1) is 14.8. The number of alkyl halides is 3. The summed E-state index contributed by atoms with van der Waals surface area (Å²) in [4.78, 5) is 10.0. The normalized spacial score (nSPS) is 15.2. The van der Waals surface area contributed by atoms with Crippen LogP contribution in [0.5, 0.6) is 5.88 Å². The number of piperidine rings is 1. The van der Waals surface area contributed by atoms with Gasteiger partial charge in [0.1, 0.15) is 12.4 Å². The average molecular weight is 567 g/mol. The molecule has 1 aliphatic heterocycles. The summed E-state index contributed by atoms with van der Waals surface area (Å²) in [5, 5.41) is 6.47. The standard InChI is InChI=1S/C21H25F4N5O.HI/c1-26-20(27-9-12-31-19-6-5-15(14-28-19)21(23,24)25)29-17-7-10-30(11-8-17)18-4-2-3-16(22)13-18;/h2-6,13-14,17H,7-12H2,1H3,(H2,26,27,29);1H. The van der Waals surface area contributed by atoms with Crippen molar-refractivity contribution >= 4 is 35.6 Å². The van der Waals surface area contributed by atoms with Crippen LogP contribution < -0.4 is 20.3 Å². The molecule has 1 aromatic heterocycles. The van der Waals surface area contributed by atoms with Gasteiger partial charge in [0.2, 0.25) is 5.88 Å². The first-order valence-corrected chi connectivity index (χ1v) is 9.99. The molecule has 32 heavy (non-hydrogen) atoms. The molecule has 0 aliphatic carbocycles. The Bertz CT molecular complexity index is 871. The molecule has 6 nitrogen and oxygen atoms in total. The fourth-order valence-corrected chi connectivity index (χ4v) is 3.30. The van der Waals surface area contributed by atoms with E-state index >= 15 is 0 Å². The number of rotatable bonds is 6. The number of pyridine rings is 1. The van der Waals surface area contributed by atoms with Crippen molar-refractivity contribution in [3.8, 4) is 5.88 Å². The molecule has 2 aromatic rings. The average Bonchev–Trinajstić information content (AvgIpc) is 2.76. The summed E-state index contributed by atoms with van der Waals surface area (Å²) in [5.74, 6) is 0.506. The lowest BCUT2D eigenvalue weighted by atomic mass is 10.0. The Hall–Kier alpha value is -2.31. The number of aromatic nitrogens is 1. The highest BCUT2D eigenvalue weighted by molar-refractivity contribution is 14.0. The van der Waals surface area contributed by atoms with Crippen LogP contribution >= 0.6 is 24.0 Å². The molecular weight excluding hydrogens is 541 g/mol. The second-order valence-electron chi connectivity index (χ2n) is 7.12. The molecule has 0 amide bonds. The van der Waals surface area contributed by atoms with Crippen LogP contribution in [0.1, 0.15) is 18.4 Å². The molecule has 1 aliphatic rings. The molecule has 2 N–H and O–H groups in total. The van der Waals surface area contributed by atoms with E-state index in [0.717, 1.165) is 43.9 Å². The van der Waals surface area contributed by atoms with Gasteiger partial charge in [-0.2, -0.15) is 13.2 Å². The summed E-state index contributed by atoms with van der Waals surface area (Å²) in [6.45, 7) is 2.24. The maximum Gasteiger partial charge on any atom is 0.417 e. The van der Waals surface area contributed by atoms with Gasteiger partial charge in [0.05, 0.1) is 12.1 Å². The maximum absolute atomic E-state index is 13.4. The van der Waals surface area contributed by atoms with E-state index in [1.807, 2.05) is 6.07 Å². The van der Waals surface area contributed by atoms with E-state index in [9.17, 15) is 17.6 Å². The number of nitrogens with zero attached hydrogens (tertiary/aromatic N) is 3. The summed E-state index contributed by atoms with van der Waals surface area (Å²) in [7, 11) is 1.66. The number of nitrogens with one attached hydrogen (secondary N) is 2. The SMILES string of the molecule is CN=C(NCCOc1ccc(C(F)(F)F)cn1)NC1CCN(c2cccc(F)c2)CC1.I. The predicted molar refractivity (Wildman–Crippen MR) is 126 cm³/mol. The Morgan fingerprint density at radius 2 is 1.97 bits per heavy atom. The smallest absolute Gasteiger partial charge is 0.417 e. The van der Waals surface area contributed by atoms with Crippen LogP contribution in [0.4, 0.5) is 23.2 Å². The fourth-order valence-electron chi connectivity index (χ4n) is 3.30. The van der Waals surface area contributed by atoms with Gasteiger partial charge in [-0.3, -0.25) is 4.99 Å². The quantitative estimate of drug-likeness (QED) is 0.181. The van der Waals surface area contributed by atoms with Crippen molar-refractivity contribution in [1.29, 1.82) is 0 Å². The van der Waals surface area contributed by atoms with E-state index in [0.29, 0.717) is 12.5 Å². The van der Waals surface area contributed by atoms with Crippen molar-refractivity contribution in [2.24, 2.45) is 4.99 Å². The molecule has 0 bridgehead atoms. The topological polar surface area (TPSA) is 61.8 Å². The van der Waals surface area contributed by atoms with Crippen molar-refractivity contribution in [3.63, 3.8) is 0 Å². The number of hydrogen-bond acceptors (Lipinski definition) is 4. The molecule has 1 fully saturated rings. The van der Waals surface area contributed by atoms with Gasteiger partial charge in [-0.1, -0.05) is 6.07 Å². The number of halogens is 5. The molecule has 0 saturated carbocycles. The molecule has 3 rings (SSSR count). The van der Waals surface area contributed by atoms with Gasteiger partial charge >= 0.3 is 6.18 Å². The second kappa shape index (κ2) is 12.1. The van der Waals surface area contributed by atoms with Crippen molar-refractivity contribution in [2.75, 3.05) is 38.2 Å². The summed E-state index contributed by atoms with van der Waals surface area (Å²) >= 11 is 0. The number of ether oxygens (including phenoxy) is 1. The van der Waals surface area contributed by atoms with E-state index in [-0.39, 0.29) is 48.3 Å². The third-order valence-corrected chi connectivity index (χ3v) is 4.94. The minimum atomic E-state index is -4.42. The van der Waals surface area contributed by atoms with Gasteiger partial charge in [0.15, 0.2) is 5.96 Å². The third-order valence-electron chi connectivity index (χ3n) is 4.94. The molecule has 0 spiro atoms. The van der Waals surface area contributed by atoms with E-state index in [1.54, 1.807) is 19.2 Å². The number of hydrogen-bond donors (Lipinski definition) is 2. The zero-order valence-electron chi connectivity index (χ0n) is 17.5. The molecule has 1 saturated heterocycles. The minimum absolute atomic E-state index is 0. The van der Waals surface area contributed by atoms with Gasteiger partial charge in [-0.15, -0.1) is 24.0 Å². The Morgan fingerprint density at radius 1 is 1.22 bits per heavy atom. The van der Waals surface area contributed by atoms with Gasteiger partial charge < -0.3 is 20.3 Å². The summed E-state index contributed by atoms with van der Waals surface area (Å²) in [6.07, 6.45) is -1.91. The van der Waals surface area contributed by atoms with Crippen LogP contribution in [0.3, 0.4) is 0 Å². The second-order valence-corrected chi connectivity index (χ2v) is 7.12. The van der Waals surface area contributed by atoms with Gasteiger partial charge in [-0.05, 0) is 37.1 Å². The minimum Gasteiger partial charge on any atom is -0.476 e. The highest BCUT2D eigenvalue weighted by Gasteiger charge is 2.30. The number of guanidine groups is 1. The van der Waals surface area contributed by atoms with Crippen LogP contribution in [0.2, 0.25) is 0 Å². The zero-order valence-corrected chi connectivity index (χ0v) is 19.9. The van der Waals surface area contributed by atoms with E-state index in [4.69, 9.17) is 4.74 Å². The van der Waals surface area contributed by atoms with Crippen molar-refractivity contribution < 1.29 is 22.3 Å². The summed E-state index contributed by atoms with van der Waals surface area (Å²) in [5.41, 5.74) is 0.0704. The van der Waals surface area contributed by atoms with Gasteiger partial charge in [0, 0.05) is 44.1 Å². The largest absolute Gasteiger partial charge is 0.476 e. The number of benzene rings is 1. The Labute approximate surface area is 201 Å². The van der Waals surface area contributed by atoms with Crippen LogP contribution in [-0.2, 0) is 6.18 Å². The fraction of sp³-hybridized carbons (Fsp3) is 0.429. The van der Waals surface area contributed by atoms with Crippen molar-refractivity contribution in [1.82, 2.24) is 15.6 Å². The maximum atomic E-state index is 13.4. The van der Waals surface area contributed by atoms with E-state index < -0.39 is 11.7 Å². The summed E-state index contributed by atoms with van der Waals surface area (Å²) in [6, 6.07) is 8.96. The Balaban J connectivity index is 0.00000363. The van der Waals surface area contributed by atoms with E-state index in [1.165, 1.54) is 12.1 Å². The number of anilines is 1. The highest BCUT2D eigenvalue weighted by Crippen LogP contribution is 2.29. The van der Waals surface area contributed by atoms with Crippen LogP contribution in [0, 0.1) is 5.82 Å². The Morgan fingerprint density at radius 3 is 2.56 bits per heavy atom. The van der Waals surface area contributed by atoms with Crippen molar-refractivity contribution in [2.45, 2.75) is 25.1 Å². The first kappa shape index (κ1) is 25.9. The highest BCUT2D eigenvalue weighted by atomic mass is 127. The predicted octanol–water partition coefficient (Wildman–Crippen LogP) is 4.07. The van der Waals surface area contributed by atoms with Gasteiger partial charge in [-0.25, -0.2) is 9.37 Å². The molecule has 176 valence electrons. The lowest BCUT2D eigenvalue weighted by molar-refractivity contribution is -0.137. The molecule has 0 unspecified atom stereocenters. The molecule has 11 heteroatoms. The molecule has 2 heterocycles. The van der Waals surface area contributed by atoms with Crippen LogP contribution in [0.15, 0.2) is 47.6 Å². The van der Waals surface area contributed by atoms with Crippen LogP contribution in [-0.4, -0.2) is 50.3 Å².